The third-order valence-electron chi connectivity index (χ3n) is 3.49. The van der Waals surface area contributed by atoms with Crippen LogP contribution in [0.4, 0.5) is 11.4 Å². The summed E-state index contributed by atoms with van der Waals surface area (Å²) >= 11 is 11.1. The highest BCUT2D eigenvalue weighted by Gasteiger charge is 2.21. The monoisotopic (exact) mass is 326 g/mol. The van der Waals surface area contributed by atoms with Crippen LogP contribution in [-0.4, -0.2) is 42.1 Å². The standard InChI is InChI=1S/C14H19ClN4OS/c1-2-13(20)19-7-5-18(6-8-19)12-4-3-10(9-11(12)15)17-14(16)21/h3-4,9H,2,5-8H2,1H3,(H3,16,17,21). The van der Waals surface area contributed by atoms with E-state index in [9.17, 15) is 4.79 Å². The van der Waals surface area contributed by atoms with Gasteiger partial charge in [0, 0.05) is 38.3 Å². The summed E-state index contributed by atoms with van der Waals surface area (Å²) < 4.78 is 0. The van der Waals surface area contributed by atoms with Crippen LogP contribution in [0.1, 0.15) is 13.3 Å². The average Bonchev–Trinajstić information content (AvgIpc) is 2.46. The van der Waals surface area contributed by atoms with Crippen molar-refractivity contribution in [2.24, 2.45) is 5.73 Å². The lowest BCUT2D eigenvalue weighted by atomic mass is 10.2. The maximum absolute atomic E-state index is 11.7. The molecule has 5 nitrogen and oxygen atoms in total. The maximum Gasteiger partial charge on any atom is 0.222 e. The van der Waals surface area contributed by atoms with Crippen LogP contribution in [0.15, 0.2) is 18.2 Å². The number of nitrogens with one attached hydrogen (secondary N) is 1. The number of nitrogens with two attached hydrogens (primary N) is 1. The first kappa shape index (κ1) is 15.9. The lowest BCUT2D eigenvalue weighted by Gasteiger charge is -2.36. The minimum Gasteiger partial charge on any atom is -0.376 e. The highest BCUT2D eigenvalue weighted by molar-refractivity contribution is 7.80. The van der Waals surface area contributed by atoms with Gasteiger partial charge in [-0.3, -0.25) is 4.79 Å². The van der Waals surface area contributed by atoms with Crippen LogP contribution < -0.4 is 16.0 Å². The minimum atomic E-state index is 0.205. The zero-order chi connectivity index (χ0) is 15.4. The highest BCUT2D eigenvalue weighted by Crippen LogP contribution is 2.29. The van der Waals surface area contributed by atoms with Gasteiger partial charge in [0.1, 0.15) is 0 Å². The molecule has 0 atom stereocenters. The van der Waals surface area contributed by atoms with Crippen LogP contribution in [0.2, 0.25) is 5.02 Å². The molecular weight excluding hydrogens is 308 g/mol. The number of anilines is 2. The Morgan fingerprint density at radius 3 is 2.57 bits per heavy atom. The van der Waals surface area contributed by atoms with E-state index in [-0.39, 0.29) is 11.0 Å². The Morgan fingerprint density at radius 2 is 2.05 bits per heavy atom. The molecule has 7 heteroatoms. The first-order chi connectivity index (χ1) is 10.0. The zero-order valence-electron chi connectivity index (χ0n) is 11.9. The summed E-state index contributed by atoms with van der Waals surface area (Å²) in [4.78, 5) is 15.8. The summed E-state index contributed by atoms with van der Waals surface area (Å²) in [5.74, 6) is 0.205. The summed E-state index contributed by atoms with van der Waals surface area (Å²) in [5.41, 5.74) is 7.18. The molecule has 114 valence electrons. The Morgan fingerprint density at radius 1 is 1.38 bits per heavy atom. The normalized spacial score (nSPS) is 15.0. The molecule has 1 aromatic rings. The number of carbonyl (C=O) groups excluding carboxylic acids is 1. The third-order valence-corrected chi connectivity index (χ3v) is 3.90. The first-order valence-corrected chi connectivity index (χ1v) is 7.68. The summed E-state index contributed by atoms with van der Waals surface area (Å²) in [6.45, 7) is 4.92. The second kappa shape index (κ2) is 6.95. The van der Waals surface area contributed by atoms with Crippen molar-refractivity contribution in [1.82, 2.24) is 4.90 Å². The van der Waals surface area contributed by atoms with E-state index >= 15 is 0 Å². The highest BCUT2D eigenvalue weighted by atomic mass is 35.5. The van der Waals surface area contributed by atoms with Gasteiger partial charge in [-0.15, -0.1) is 0 Å². The summed E-state index contributed by atoms with van der Waals surface area (Å²) in [6.07, 6.45) is 0.556. The number of carbonyl (C=O) groups is 1. The first-order valence-electron chi connectivity index (χ1n) is 6.90. The van der Waals surface area contributed by atoms with Gasteiger partial charge < -0.3 is 20.9 Å². The molecule has 1 aliphatic heterocycles. The van der Waals surface area contributed by atoms with Crippen molar-refractivity contribution in [3.8, 4) is 0 Å². The molecule has 0 aromatic heterocycles. The fraction of sp³-hybridized carbons (Fsp3) is 0.429. The van der Waals surface area contributed by atoms with Crippen molar-refractivity contribution < 1.29 is 4.79 Å². The quantitative estimate of drug-likeness (QED) is 0.833. The smallest absolute Gasteiger partial charge is 0.222 e. The van der Waals surface area contributed by atoms with Gasteiger partial charge in [-0.25, -0.2) is 0 Å². The molecule has 1 heterocycles. The number of hydrogen-bond donors (Lipinski definition) is 2. The van der Waals surface area contributed by atoms with E-state index in [1.54, 1.807) is 6.07 Å². The topological polar surface area (TPSA) is 61.6 Å². The second-order valence-corrected chi connectivity index (χ2v) is 5.72. The molecule has 3 N–H and O–H groups in total. The van der Waals surface area contributed by atoms with Gasteiger partial charge >= 0.3 is 0 Å². The molecule has 0 saturated carbocycles. The fourth-order valence-corrected chi connectivity index (χ4v) is 2.82. The molecule has 0 unspecified atom stereocenters. The fourth-order valence-electron chi connectivity index (χ4n) is 2.40. The van der Waals surface area contributed by atoms with Gasteiger partial charge in [-0.1, -0.05) is 18.5 Å². The summed E-state index contributed by atoms with van der Waals surface area (Å²) in [5, 5.41) is 3.72. The van der Waals surface area contributed by atoms with Gasteiger partial charge in [0.2, 0.25) is 5.91 Å². The van der Waals surface area contributed by atoms with Crippen LogP contribution in [0.25, 0.3) is 0 Å². The second-order valence-electron chi connectivity index (χ2n) is 4.88. The maximum atomic E-state index is 11.7. The number of thiocarbonyl (C=S) groups is 1. The van der Waals surface area contributed by atoms with E-state index in [1.807, 2.05) is 24.0 Å². The van der Waals surface area contributed by atoms with Crippen molar-refractivity contribution in [2.75, 3.05) is 36.4 Å². The van der Waals surface area contributed by atoms with Crippen molar-refractivity contribution in [1.29, 1.82) is 0 Å². The number of benzene rings is 1. The zero-order valence-corrected chi connectivity index (χ0v) is 13.5. The van der Waals surface area contributed by atoms with Crippen LogP contribution >= 0.6 is 23.8 Å². The Kier molecular flexibility index (Phi) is 5.25. The van der Waals surface area contributed by atoms with Crippen LogP contribution in [-0.2, 0) is 4.79 Å². The van der Waals surface area contributed by atoms with Crippen LogP contribution in [0, 0.1) is 0 Å². The number of piperazine rings is 1. The van der Waals surface area contributed by atoms with Gasteiger partial charge in [-0.2, -0.15) is 0 Å². The molecule has 0 aliphatic carbocycles. The molecule has 2 rings (SSSR count). The molecule has 1 aromatic carbocycles. The largest absolute Gasteiger partial charge is 0.376 e. The minimum absolute atomic E-state index is 0.205. The van der Waals surface area contributed by atoms with Gasteiger partial charge in [0.25, 0.3) is 0 Å². The molecule has 1 amide bonds. The average molecular weight is 327 g/mol. The van der Waals surface area contributed by atoms with E-state index in [0.717, 1.165) is 37.6 Å². The lowest BCUT2D eigenvalue weighted by molar-refractivity contribution is -0.131. The molecule has 1 fully saturated rings. The molecule has 1 aliphatic rings. The Balaban J connectivity index is 2.03. The molecule has 0 bridgehead atoms. The van der Waals surface area contributed by atoms with Crippen molar-refractivity contribution >= 4 is 46.2 Å². The predicted molar refractivity (Wildman–Crippen MR) is 90.9 cm³/mol. The molecular formula is C14H19ClN4OS. The molecule has 0 spiro atoms. The van der Waals surface area contributed by atoms with Gasteiger partial charge in [-0.05, 0) is 30.4 Å². The van der Waals surface area contributed by atoms with Crippen LogP contribution in [0.3, 0.4) is 0 Å². The van der Waals surface area contributed by atoms with E-state index in [2.05, 4.69) is 10.2 Å². The lowest BCUT2D eigenvalue weighted by Crippen LogP contribution is -2.48. The van der Waals surface area contributed by atoms with E-state index in [1.165, 1.54) is 0 Å². The van der Waals surface area contributed by atoms with Gasteiger partial charge in [0.15, 0.2) is 5.11 Å². The van der Waals surface area contributed by atoms with Crippen molar-refractivity contribution in [2.45, 2.75) is 13.3 Å². The summed E-state index contributed by atoms with van der Waals surface area (Å²) in [6, 6.07) is 5.64. The number of hydrogen-bond acceptors (Lipinski definition) is 3. The number of amides is 1. The van der Waals surface area contributed by atoms with E-state index in [0.29, 0.717) is 11.4 Å². The molecule has 0 radical (unpaired) electrons. The van der Waals surface area contributed by atoms with Gasteiger partial charge in [0.05, 0.1) is 10.7 Å². The van der Waals surface area contributed by atoms with Crippen molar-refractivity contribution in [3.05, 3.63) is 23.2 Å². The molecule has 1 saturated heterocycles. The summed E-state index contributed by atoms with van der Waals surface area (Å²) in [7, 11) is 0. The van der Waals surface area contributed by atoms with E-state index in [4.69, 9.17) is 29.6 Å². The Bertz CT molecular complexity index is 544. The number of nitrogens with zero attached hydrogens (tertiary/aromatic N) is 2. The molecule has 21 heavy (non-hydrogen) atoms. The van der Waals surface area contributed by atoms with Crippen LogP contribution in [0.5, 0.6) is 0 Å². The number of halogens is 1. The van der Waals surface area contributed by atoms with E-state index < -0.39 is 0 Å². The third kappa shape index (κ3) is 3.98. The van der Waals surface area contributed by atoms with Crippen molar-refractivity contribution in [3.63, 3.8) is 0 Å². The predicted octanol–water partition coefficient (Wildman–Crippen LogP) is 2.05. The Hall–Kier alpha value is -1.53. The SMILES string of the molecule is CCC(=O)N1CCN(c2ccc(NC(N)=S)cc2Cl)CC1. The Labute approximate surface area is 135 Å². The number of rotatable bonds is 3.